The lowest BCUT2D eigenvalue weighted by Gasteiger charge is -2.20. The topological polar surface area (TPSA) is 20.2 Å². The van der Waals surface area contributed by atoms with Crippen LogP contribution in [0.5, 0.6) is 0 Å². The zero-order valence-corrected chi connectivity index (χ0v) is 13.2. The molecule has 0 fully saturated rings. The van der Waals surface area contributed by atoms with E-state index in [0.717, 1.165) is 11.1 Å². The standard InChI is InChI=1S/C19H23FO/c1-13-5-10-16(20)12-17(13)18(21)11-14-6-8-15(9-7-14)19(2,3)4/h5-10,12,18,21H,11H2,1-4H3. The third-order valence-electron chi connectivity index (χ3n) is 3.85. The van der Waals surface area contributed by atoms with E-state index in [1.165, 1.54) is 17.7 Å². The van der Waals surface area contributed by atoms with Crippen molar-refractivity contribution in [2.24, 2.45) is 0 Å². The van der Waals surface area contributed by atoms with Gasteiger partial charge in [-0.3, -0.25) is 0 Å². The summed E-state index contributed by atoms with van der Waals surface area (Å²) in [7, 11) is 0. The van der Waals surface area contributed by atoms with Gasteiger partial charge in [-0.1, -0.05) is 51.1 Å². The molecule has 1 unspecified atom stereocenters. The van der Waals surface area contributed by atoms with Crippen LogP contribution < -0.4 is 0 Å². The van der Waals surface area contributed by atoms with Gasteiger partial charge < -0.3 is 5.11 Å². The first-order valence-electron chi connectivity index (χ1n) is 7.31. The lowest BCUT2D eigenvalue weighted by Crippen LogP contribution is -2.11. The van der Waals surface area contributed by atoms with Crippen LogP contribution >= 0.6 is 0 Å². The molecule has 0 aliphatic heterocycles. The quantitative estimate of drug-likeness (QED) is 0.866. The highest BCUT2D eigenvalue weighted by Gasteiger charge is 2.15. The average molecular weight is 286 g/mol. The zero-order chi connectivity index (χ0) is 15.6. The van der Waals surface area contributed by atoms with Crippen LogP contribution in [0.25, 0.3) is 0 Å². The number of hydrogen-bond donors (Lipinski definition) is 1. The van der Waals surface area contributed by atoms with Crippen LogP contribution in [0, 0.1) is 12.7 Å². The van der Waals surface area contributed by atoms with Crippen LogP contribution in [0.1, 0.15) is 49.1 Å². The highest BCUT2D eigenvalue weighted by Crippen LogP contribution is 2.25. The lowest BCUT2D eigenvalue weighted by molar-refractivity contribution is 0.177. The van der Waals surface area contributed by atoms with Gasteiger partial charge in [0.25, 0.3) is 0 Å². The molecule has 2 rings (SSSR count). The Bertz CT molecular complexity index is 608. The van der Waals surface area contributed by atoms with Crippen molar-refractivity contribution in [1.29, 1.82) is 0 Å². The summed E-state index contributed by atoms with van der Waals surface area (Å²) in [5, 5.41) is 10.3. The molecule has 112 valence electrons. The summed E-state index contributed by atoms with van der Waals surface area (Å²) in [5.74, 6) is -0.308. The van der Waals surface area contributed by atoms with Crippen molar-refractivity contribution in [3.63, 3.8) is 0 Å². The average Bonchev–Trinajstić information content (AvgIpc) is 2.41. The second-order valence-corrected chi connectivity index (χ2v) is 6.67. The Morgan fingerprint density at radius 1 is 1.05 bits per heavy atom. The summed E-state index contributed by atoms with van der Waals surface area (Å²) in [6.45, 7) is 8.41. The largest absolute Gasteiger partial charge is 0.388 e. The first-order chi connectivity index (χ1) is 9.77. The minimum absolute atomic E-state index is 0.121. The fourth-order valence-corrected chi connectivity index (χ4v) is 2.44. The zero-order valence-electron chi connectivity index (χ0n) is 13.2. The van der Waals surface area contributed by atoms with Gasteiger partial charge in [0, 0.05) is 6.42 Å². The Morgan fingerprint density at radius 2 is 1.67 bits per heavy atom. The Morgan fingerprint density at radius 3 is 2.24 bits per heavy atom. The highest BCUT2D eigenvalue weighted by atomic mass is 19.1. The van der Waals surface area contributed by atoms with Crippen LogP contribution in [-0.2, 0) is 11.8 Å². The van der Waals surface area contributed by atoms with Crippen molar-refractivity contribution in [3.05, 3.63) is 70.5 Å². The van der Waals surface area contributed by atoms with Gasteiger partial charge in [-0.2, -0.15) is 0 Å². The first-order valence-corrected chi connectivity index (χ1v) is 7.31. The number of aliphatic hydroxyl groups excluding tert-OH is 1. The molecule has 0 amide bonds. The van der Waals surface area contributed by atoms with Gasteiger partial charge >= 0.3 is 0 Å². The summed E-state index contributed by atoms with van der Waals surface area (Å²) in [6, 6.07) is 12.8. The number of halogens is 1. The number of benzene rings is 2. The van der Waals surface area contributed by atoms with Crippen molar-refractivity contribution in [2.45, 2.75) is 45.6 Å². The Kier molecular flexibility index (Phi) is 4.48. The molecule has 1 N–H and O–H groups in total. The highest BCUT2D eigenvalue weighted by molar-refractivity contribution is 5.32. The van der Waals surface area contributed by atoms with Crippen molar-refractivity contribution < 1.29 is 9.50 Å². The van der Waals surface area contributed by atoms with Gasteiger partial charge in [-0.05, 0) is 46.7 Å². The van der Waals surface area contributed by atoms with E-state index in [-0.39, 0.29) is 11.2 Å². The summed E-state index contributed by atoms with van der Waals surface area (Å²) < 4.78 is 13.3. The maximum Gasteiger partial charge on any atom is 0.123 e. The molecule has 2 heteroatoms. The number of rotatable bonds is 3. The SMILES string of the molecule is Cc1ccc(F)cc1C(O)Cc1ccc(C(C)(C)C)cc1. The Balaban J connectivity index is 2.16. The monoisotopic (exact) mass is 286 g/mol. The molecule has 21 heavy (non-hydrogen) atoms. The van der Waals surface area contributed by atoms with Gasteiger partial charge in [0.05, 0.1) is 6.10 Å². The van der Waals surface area contributed by atoms with Crippen molar-refractivity contribution in [3.8, 4) is 0 Å². The van der Waals surface area contributed by atoms with E-state index < -0.39 is 6.10 Å². The number of aliphatic hydroxyl groups is 1. The summed E-state index contributed by atoms with van der Waals surface area (Å²) in [6.07, 6.45) is -0.185. The molecule has 0 saturated carbocycles. The van der Waals surface area contributed by atoms with E-state index in [0.29, 0.717) is 12.0 Å². The van der Waals surface area contributed by atoms with Crippen molar-refractivity contribution >= 4 is 0 Å². The second kappa shape index (κ2) is 5.98. The Hall–Kier alpha value is -1.67. The molecular weight excluding hydrogens is 263 g/mol. The van der Waals surface area contributed by atoms with Gasteiger partial charge in [0.2, 0.25) is 0 Å². The van der Waals surface area contributed by atoms with E-state index in [1.807, 2.05) is 19.1 Å². The molecule has 1 nitrogen and oxygen atoms in total. The fourth-order valence-electron chi connectivity index (χ4n) is 2.44. The molecule has 0 aromatic heterocycles. The molecule has 0 radical (unpaired) electrons. The van der Waals surface area contributed by atoms with Crippen LogP contribution in [-0.4, -0.2) is 5.11 Å². The van der Waals surface area contributed by atoms with E-state index in [1.54, 1.807) is 6.07 Å². The van der Waals surface area contributed by atoms with E-state index in [2.05, 4.69) is 32.9 Å². The minimum Gasteiger partial charge on any atom is -0.388 e. The molecule has 0 saturated heterocycles. The smallest absolute Gasteiger partial charge is 0.123 e. The molecular formula is C19H23FO. The Labute approximate surface area is 126 Å². The molecule has 2 aromatic rings. The maximum atomic E-state index is 13.3. The predicted molar refractivity (Wildman–Crippen MR) is 84.9 cm³/mol. The lowest BCUT2D eigenvalue weighted by atomic mass is 9.86. The normalized spacial score (nSPS) is 13.2. The molecule has 2 aromatic carbocycles. The molecule has 0 heterocycles. The molecule has 1 atom stereocenters. The minimum atomic E-state index is -0.679. The van der Waals surface area contributed by atoms with E-state index in [9.17, 15) is 9.50 Å². The summed E-state index contributed by atoms with van der Waals surface area (Å²) in [5.41, 5.74) is 4.02. The fraction of sp³-hybridized carbons (Fsp3) is 0.368. The van der Waals surface area contributed by atoms with Gasteiger partial charge in [-0.15, -0.1) is 0 Å². The molecule has 0 aliphatic rings. The van der Waals surface area contributed by atoms with Gasteiger partial charge in [0.15, 0.2) is 0 Å². The van der Waals surface area contributed by atoms with Crippen LogP contribution in [0.2, 0.25) is 0 Å². The second-order valence-electron chi connectivity index (χ2n) is 6.67. The van der Waals surface area contributed by atoms with Crippen LogP contribution in [0.3, 0.4) is 0 Å². The van der Waals surface area contributed by atoms with E-state index in [4.69, 9.17) is 0 Å². The van der Waals surface area contributed by atoms with Crippen LogP contribution in [0.4, 0.5) is 4.39 Å². The third-order valence-corrected chi connectivity index (χ3v) is 3.85. The number of aryl methyl sites for hydroxylation is 1. The van der Waals surface area contributed by atoms with Gasteiger partial charge in [0.1, 0.15) is 5.82 Å². The predicted octanol–water partition coefficient (Wildman–Crippen LogP) is 4.71. The molecule has 0 aliphatic carbocycles. The molecule has 0 bridgehead atoms. The summed E-state index contributed by atoms with van der Waals surface area (Å²) in [4.78, 5) is 0. The van der Waals surface area contributed by atoms with Crippen LogP contribution in [0.15, 0.2) is 42.5 Å². The van der Waals surface area contributed by atoms with Gasteiger partial charge in [-0.25, -0.2) is 4.39 Å². The van der Waals surface area contributed by atoms with E-state index >= 15 is 0 Å². The van der Waals surface area contributed by atoms with Crippen molar-refractivity contribution in [2.75, 3.05) is 0 Å². The maximum absolute atomic E-state index is 13.3. The first kappa shape index (κ1) is 15.7. The third kappa shape index (κ3) is 3.92. The van der Waals surface area contributed by atoms with Crippen molar-refractivity contribution in [1.82, 2.24) is 0 Å². The molecule has 0 spiro atoms. The summed E-state index contributed by atoms with van der Waals surface area (Å²) >= 11 is 0. The number of hydrogen-bond acceptors (Lipinski definition) is 1.